The minimum atomic E-state index is -0.805. The molecule has 2 aromatic heterocycles. The minimum absolute atomic E-state index is 0.0800. The summed E-state index contributed by atoms with van der Waals surface area (Å²) in [6.07, 6.45) is 3.34. The Bertz CT molecular complexity index is 1590. The molecule has 1 aliphatic rings. The number of pyridine rings is 1. The van der Waals surface area contributed by atoms with Gasteiger partial charge in [-0.25, -0.2) is 14.2 Å². The summed E-state index contributed by atoms with van der Waals surface area (Å²) in [5, 5.41) is 0. The number of halogens is 1. The fourth-order valence-corrected chi connectivity index (χ4v) is 4.97. The Kier molecular flexibility index (Phi) is 6.20. The average molecular weight is 486 g/mol. The van der Waals surface area contributed by atoms with E-state index in [1.54, 1.807) is 43.5 Å². The third kappa shape index (κ3) is 4.61. The lowest BCUT2D eigenvalue weighted by Gasteiger charge is -2.24. The minimum Gasteiger partial charge on any atom is -0.457 e. The molecule has 0 fully saturated rings. The van der Waals surface area contributed by atoms with E-state index in [1.807, 2.05) is 36.4 Å². The van der Waals surface area contributed by atoms with E-state index in [4.69, 9.17) is 4.74 Å². The first-order chi connectivity index (χ1) is 17.0. The summed E-state index contributed by atoms with van der Waals surface area (Å²) in [7, 11) is 0. The normalized spacial score (nSPS) is 15.5. The molecule has 0 bridgehead atoms. The van der Waals surface area contributed by atoms with Crippen LogP contribution in [0.4, 0.5) is 4.39 Å². The van der Waals surface area contributed by atoms with E-state index in [2.05, 4.69) is 9.98 Å². The number of rotatable bonds is 5. The van der Waals surface area contributed by atoms with Gasteiger partial charge in [0.15, 0.2) is 4.80 Å². The summed E-state index contributed by atoms with van der Waals surface area (Å²) in [6, 6.07) is 19.7. The van der Waals surface area contributed by atoms with E-state index < -0.39 is 17.8 Å². The van der Waals surface area contributed by atoms with Gasteiger partial charge in [-0.15, -0.1) is 0 Å². The third-order valence-electron chi connectivity index (χ3n) is 5.61. The first kappa shape index (κ1) is 22.6. The Morgan fingerprint density at radius 2 is 1.83 bits per heavy atom. The van der Waals surface area contributed by atoms with Crippen LogP contribution in [0.25, 0.3) is 6.08 Å². The number of aromatic nitrogens is 2. The molecule has 3 heterocycles. The molecule has 0 amide bonds. The van der Waals surface area contributed by atoms with Crippen LogP contribution in [0, 0.1) is 5.82 Å². The van der Waals surface area contributed by atoms with Gasteiger partial charge in [-0.05, 0) is 48.4 Å². The molecule has 1 aliphatic heterocycles. The topological polar surface area (TPSA) is 73.6 Å². The van der Waals surface area contributed by atoms with Crippen LogP contribution >= 0.6 is 11.3 Å². The quantitative estimate of drug-likeness (QED) is 0.406. The van der Waals surface area contributed by atoms with Gasteiger partial charge in [0.25, 0.3) is 5.56 Å². The number of hydrogen-bond acceptors (Lipinski definition) is 6. The number of nitrogens with zero attached hydrogens (tertiary/aromatic N) is 3. The van der Waals surface area contributed by atoms with Gasteiger partial charge in [0.2, 0.25) is 0 Å². The molecular weight excluding hydrogens is 465 g/mol. The Labute approximate surface area is 204 Å². The summed E-state index contributed by atoms with van der Waals surface area (Å²) in [4.78, 5) is 36.1. The lowest BCUT2D eigenvalue weighted by Crippen LogP contribution is -2.39. The van der Waals surface area contributed by atoms with Gasteiger partial charge in [0.05, 0.1) is 27.5 Å². The second-order valence-corrected chi connectivity index (χ2v) is 8.96. The molecule has 2 aromatic carbocycles. The van der Waals surface area contributed by atoms with Crippen LogP contribution in [0.2, 0.25) is 0 Å². The van der Waals surface area contributed by atoms with Crippen molar-refractivity contribution < 1.29 is 13.9 Å². The van der Waals surface area contributed by atoms with Crippen molar-refractivity contribution in [2.75, 3.05) is 0 Å². The molecule has 1 atom stereocenters. The van der Waals surface area contributed by atoms with E-state index in [-0.39, 0.29) is 17.7 Å². The molecule has 0 unspecified atom stereocenters. The van der Waals surface area contributed by atoms with Crippen molar-refractivity contribution in [2.45, 2.75) is 19.6 Å². The summed E-state index contributed by atoms with van der Waals surface area (Å²) in [5.74, 6) is -0.992. The number of carbonyl (C=O) groups is 1. The Morgan fingerprint density at radius 1 is 1.09 bits per heavy atom. The smallest absolute Gasteiger partial charge is 0.338 e. The van der Waals surface area contributed by atoms with Gasteiger partial charge >= 0.3 is 5.97 Å². The first-order valence-corrected chi connectivity index (χ1v) is 11.7. The summed E-state index contributed by atoms with van der Waals surface area (Å²) < 4.78 is 21.2. The average Bonchev–Trinajstić information content (AvgIpc) is 3.17. The van der Waals surface area contributed by atoms with Gasteiger partial charge in [-0.2, -0.15) is 0 Å². The highest BCUT2D eigenvalue weighted by Crippen LogP contribution is 2.31. The van der Waals surface area contributed by atoms with Crippen LogP contribution in [-0.2, 0) is 16.1 Å². The number of carbonyl (C=O) groups excluding carboxylic acids is 1. The molecule has 4 aromatic rings. The number of thiazole rings is 1. The lowest BCUT2D eigenvalue weighted by atomic mass is 9.96. The molecule has 0 spiro atoms. The van der Waals surface area contributed by atoms with Gasteiger partial charge in [-0.3, -0.25) is 14.3 Å². The second kappa shape index (κ2) is 9.60. The fraction of sp³-hybridized carbons (Fsp3) is 0.111. The van der Waals surface area contributed by atoms with Crippen molar-refractivity contribution in [3.8, 4) is 0 Å². The zero-order chi connectivity index (χ0) is 24.4. The Balaban J connectivity index is 1.61. The van der Waals surface area contributed by atoms with Gasteiger partial charge in [0.1, 0.15) is 12.4 Å². The van der Waals surface area contributed by atoms with Crippen LogP contribution < -0.4 is 14.9 Å². The molecule has 174 valence electrons. The van der Waals surface area contributed by atoms with E-state index in [0.717, 1.165) is 5.56 Å². The molecule has 0 N–H and O–H groups in total. The molecule has 0 aliphatic carbocycles. The molecule has 8 heteroatoms. The van der Waals surface area contributed by atoms with Crippen LogP contribution in [0.1, 0.15) is 29.8 Å². The largest absolute Gasteiger partial charge is 0.457 e. The van der Waals surface area contributed by atoms with E-state index in [0.29, 0.717) is 26.3 Å². The van der Waals surface area contributed by atoms with Crippen LogP contribution in [0.3, 0.4) is 0 Å². The zero-order valence-corrected chi connectivity index (χ0v) is 19.5. The maximum absolute atomic E-state index is 13.7. The third-order valence-corrected chi connectivity index (χ3v) is 6.59. The molecule has 35 heavy (non-hydrogen) atoms. The lowest BCUT2D eigenvalue weighted by molar-refractivity contribution is -0.140. The summed E-state index contributed by atoms with van der Waals surface area (Å²) in [6.45, 7) is 1.79. The SMILES string of the molecule is CC1=C(C(=O)OCc2ccccc2)[C@@H](c2ccc(F)cc2)n2c(s/c(=C\c3ccccn3)c2=O)=N1. The highest BCUT2D eigenvalue weighted by molar-refractivity contribution is 7.07. The number of hydrogen-bond donors (Lipinski definition) is 0. The second-order valence-electron chi connectivity index (χ2n) is 7.95. The monoisotopic (exact) mass is 485 g/mol. The summed E-state index contributed by atoms with van der Waals surface area (Å²) >= 11 is 1.21. The number of fused-ring (bicyclic) bond motifs is 1. The molecule has 6 nitrogen and oxygen atoms in total. The van der Waals surface area contributed by atoms with Crippen LogP contribution in [0.15, 0.2) is 100 Å². The van der Waals surface area contributed by atoms with Crippen molar-refractivity contribution in [3.63, 3.8) is 0 Å². The molecule has 0 saturated carbocycles. The molecule has 0 radical (unpaired) electrons. The van der Waals surface area contributed by atoms with Crippen LogP contribution in [-0.4, -0.2) is 15.5 Å². The van der Waals surface area contributed by atoms with E-state index >= 15 is 0 Å². The molecule has 5 rings (SSSR count). The van der Waals surface area contributed by atoms with Gasteiger partial charge < -0.3 is 4.74 Å². The van der Waals surface area contributed by atoms with E-state index in [9.17, 15) is 14.0 Å². The highest BCUT2D eigenvalue weighted by atomic mass is 32.1. The van der Waals surface area contributed by atoms with Crippen molar-refractivity contribution in [1.82, 2.24) is 9.55 Å². The van der Waals surface area contributed by atoms with Gasteiger partial charge in [0, 0.05) is 6.20 Å². The number of benzene rings is 2. The van der Waals surface area contributed by atoms with Gasteiger partial charge in [-0.1, -0.05) is 59.9 Å². The maximum Gasteiger partial charge on any atom is 0.338 e. The number of allylic oxidation sites excluding steroid dienone is 1. The van der Waals surface area contributed by atoms with Crippen molar-refractivity contribution in [1.29, 1.82) is 0 Å². The predicted molar refractivity (Wildman–Crippen MR) is 131 cm³/mol. The Hall–Kier alpha value is -4.17. The molecular formula is C27H20FN3O3S. The number of ether oxygens (including phenoxy) is 1. The fourth-order valence-electron chi connectivity index (χ4n) is 3.94. The molecule has 0 saturated heterocycles. The van der Waals surface area contributed by atoms with E-state index in [1.165, 1.54) is 28.0 Å². The number of esters is 1. The van der Waals surface area contributed by atoms with Crippen LogP contribution in [0.5, 0.6) is 0 Å². The maximum atomic E-state index is 13.7. The first-order valence-electron chi connectivity index (χ1n) is 10.9. The van der Waals surface area contributed by atoms with Crippen molar-refractivity contribution in [3.05, 3.63) is 133 Å². The predicted octanol–water partition coefficient (Wildman–Crippen LogP) is 3.51. The van der Waals surface area contributed by atoms with Crippen molar-refractivity contribution in [2.24, 2.45) is 4.99 Å². The van der Waals surface area contributed by atoms with Crippen molar-refractivity contribution >= 4 is 23.4 Å². The standard InChI is InChI=1S/C27H20FN3O3S/c1-17-23(26(33)34-16-18-7-3-2-4-8-18)24(19-10-12-20(28)13-11-19)31-25(32)22(35-27(31)30-17)15-21-9-5-6-14-29-21/h2-15,24H,16H2,1H3/b22-15-/t24-/m1/s1. The summed E-state index contributed by atoms with van der Waals surface area (Å²) in [5.41, 5.74) is 2.43. The highest BCUT2D eigenvalue weighted by Gasteiger charge is 2.33. The zero-order valence-electron chi connectivity index (χ0n) is 18.7. The Morgan fingerprint density at radius 3 is 2.54 bits per heavy atom.